The van der Waals surface area contributed by atoms with Crippen LogP contribution in [0.1, 0.15) is 27.2 Å². The standard InChI is InChI=1S/C26H26N4O3S/c1-19-8-11-23(18-20(19)2)29-34(32,33)25-12-9-21(10-13-25)26(31)27-16-14-22-15-17-30(28-22)24-6-4-3-5-7-24/h3-13,15,17-18,29H,14,16H2,1-2H3,(H,27,31). The van der Waals surface area contributed by atoms with Crippen molar-refractivity contribution >= 4 is 21.6 Å². The summed E-state index contributed by atoms with van der Waals surface area (Å²) < 4.78 is 29.8. The number of benzene rings is 3. The van der Waals surface area contributed by atoms with Crippen molar-refractivity contribution < 1.29 is 13.2 Å². The minimum atomic E-state index is -3.75. The number of amides is 1. The van der Waals surface area contributed by atoms with E-state index in [1.165, 1.54) is 24.3 Å². The second-order valence-electron chi connectivity index (χ2n) is 8.02. The van der Waals surface area contributed by atoms with Gasteiger partial charge in [0.2, 0.25) is 0 Å². The van der Waals surface area contributed by atoms with Crippen LogP contribution in [0.4, 0.5) is 5.69 Å². The smallest absolute Gasteiger partial charge is 0.261 e. The molecule has 0 fully saturated rings. The van der Waals surface area contributed by atoms with Crippen LogP contribution in [0.15, 0.2) is 90.0 Å². The first-order chi connectivity index (χ1) is 16.3. The molecular weight excluding hydrogens is 448 g/mol. The molecule has 174 valence electrons. The highest BCUT2D eigenvalue weighted by Crippen LogP contribution is 2.19. The van der Waals surface area contributed by atoms with Gasteiger partial charge in [-0.3, -0.25) is 9.52 Å². The van der Waals surface area contributed by atoms with Crippen molar-refractivity contribution in [3.8, 4) is 5.69 Å². The predicted molar refractivity (Wildman–Crippen MR) is 133 cm³/mol. The molecule has 1 amide bonds. The van der Waals surface area contributed by atoms with Crippen molar-refractivity contribution in [2.45, 2.75) is 25.2 Å². The molecule has 7 nitrogen and oxygen atoms in total. The maximum atomic E-state index is 12.7. The number of carbonyl (C=O) groups is 1. The van der Waals surface area contributed by atoms with Gasteiger partial charge in [-0.15, -0.1) is 0 Å². The lowest BCUT2D eigenvalue weighted by atomic mass is 10.1. The molecule has 3 aromatic carbocycles. The molecule has 0 aliphatic carbocycles. The van der Waals surface area contributed by atoms with E-state index < -0.39 is 10.0 Å². The van der Waals surface area contributed by atoms with E-state index in [4.69, 9.17) is 0 Å². The van der Waals surface area contributed by atoms with Crippen molar-refractivity contribution in [2.24, 2.45) is 0 Å². The van der Waals surface area contributed by atoms with E-state index in [0.717, 1.165) is 22.5 Å². The van der Waals surface area contributed by atoms with E-state index in [0.29, 0.717) is 24.2 Å². The molecule has 1 aromatic heterocycles. The average Bonchev–Trinajstić information content (AvgIpc) is 3.31. The quantitative estimate of drug-likeness (QED) is 0.399. The Morgan fingerprint density at radius 2 is 1.65 bits per heavy atom. The molecule has 0 aliphatic heterocycles. The number of carbonyl (C=O) groups excluding carboxylic acids is 1. The number of hydrogen-bond donors (Lipinski definition) is 2. The van der Waals surface area contributed by atoms with Gasteiger partial charge in [0.25, 0.3) is 15.9 Å². The van der Waals surface area contributed by atoms with Crippen LogP contribution in [-0.4, -0.2) is 30.7 Å². The van der Waals surface area contributed by atoms with Gasteiger partial charge in [-0.05, 0) is 79.6 Å². The maximum Gasteiger partial charge on any atom is 0.261 e. The molecule has 0 bridgehead atoms. The molecular formula is C26H26N4O3S. The molecule has 0 atom stereocenters. The van der Waals surface area contributed by atoms with Gasteiger partial charge in [-0.25, -0.2) is 13.1 Å². The second-order valence-corrected chi connectivity index (χ2v) is 9.70. The maximum absolute atomic E-state index is 12.7. The fourth-order valence-electron chi connectivity index (χ4n) is 3.43. The number of sulfonamides is 1. The Labute approximate surface area is 199 Å². The lowest BCUT2D eigenvalue weighted by Crippen LogP contribution is -2.26. The summed E-state index contributed by atoms with van der Waals surface area (Å²) in [6, 6.07) is 23.0. The van der Waals surface area contributed by atoms with Crippen molar-refractivity contribution in [1.82, 2.24) is 15.1 Å². The number of hydrogen-bond acceptors (Lipinski definition) is 4. The van der Waals surface area contributed by atoms with Crippen LogP contribution in [0, 0.1) is 13.8 Å². The molecule has 8 heteroatoms. The van der Waals surface area contributed by atoms with Crippen LogP contribution >= 0.6 is 0 Å². The third-order valence-corrected chi connectivity index (χ3v) is 6.91. The Hall–Kier alpha value is -3.91. The summed E-state index contributed by atoms with van der Waals surface area (Å²) in [7, 11) is -3.75. The Kier molecular flexibility index (Phi) is 6.79. The molecule has 2 N–H and O–H groups in total. The molecule has 4 aromatic rings. The summed E-state index contributed by atoms with van der Waals surface area (Å²) in [4.78, 5) is 12.6. The highest BCUT2D eigenvalue weighted by Gasteiger charge is 2.15. The van der Waals surface area contributed by atoms with E-state index in [1.54, 1.807) is 16.8 Å². The van der Waals surface area contributed by atoms with Gasteiger partial charge < -0.3 is 5.32 Å². The van der Waals surface area contributed by atoms with Crippen molar-refractivity contribution in [3.63, 3.8) is 0 Å². The summed E-state index contributed by atoms with van der Waals surface area (Å²) >= 11 is 0. The molecule has 0 saturated carbocycles. The zero-order chi connectivity index (χ0) is 24.1. The summed E-state index contributed by atoms with van der Waals surface area (Å²) in [5.74, 6) is -0.270. The first-order valence-electron chi connectivity index (χ1n) is 10.9. The first-order valence-corrected chi connectivity index (χ1v) is 12.4. The Morgan fingerprint density at radius 3 is 2.35 bits per heavy atom. The van der Waals surface area contributed by atoms with Crippen LogP contribution in [0.5, 0.6) is 0 Å². The number of nitrogens with zero attached hydrogens (tertiary/aromatic N) is 2. The predicted octanol–water partition coefficient (Wildman–Crippen LogP) is 4.26. The SMILES string of the molecule is Cc1ccc(NS(=O)(=O)c2ccc(C(=O)NCCc3ccn(-c4ccccc4)n3)cc2)cc1C. The number of nitrogens with one attached hydrogen (secondary N) is 2. The largest absolute Gasteiger partial charge is 0.352 e. The van der Waals surface area contributed by atoms with E-state index in [1.807, 2.05) is 62.5 Å². The number of rotatable bonds is 8. The lowest BCUT2D eigenvalue weighted by Gasteiger charge is -2.10. The molecule has 0 saturated heterocycles. The molecule has 34 heavy (non-hydrogen) atoms. The van der Waals surface area contributed by atoms with E-state index in [2.05, 4.69) is 15.1 Å². The van der Waals surface area contributed by atoms with Crippen LogP contribution < -0.4 is 10.0 Å². The third-order valence-electron chi connectivity index (χ3n) is 5.52. The van der Waals surface area contributed by atoms with Gasteiger partial charge in [0.05, 0.1) is 16.3 Å². The van der Waals surface area contributed by atoms with E-state index >= 15 is 0 Å². The average molecular weight is 475 g/mol. The normalized spacial score (nSPS) is 11.2. The van der Waals surface area contributed by atoms with Crippen LogP contribution in [0.3, 0.4) is 0 Å². The monoisotopic (exact) mass is 474 g/mol. The minimum Gasteiger partial charge on any atom is -0.352 e. The van der Waals surface area contributed by atoms with Gasteiger partial charge in [-0.2, -0.15) is 5.10 Å². The highest BCUT2D eigenvalue weighted by molar-refractivity contribution is 7.92. The molecule has 1 heterocycles. The third kappa shape index (κ3) is 5.52. The number of anilines is 1. The zero-order valence-electron chi connectivity index (χ0n) is 19.0. The van der Waals surface area contributed by atoms with E-state index in [-0.39, 0.29) is 10.8 Å². The van der Waals surface area contributed by atoms with Gasteiger partial charge >= 0.3 is 0 Å². The Morgan fingerprint density at radius 1 is 0.912 bits per heavy atom. The van der Waals surface area contributed by atoms with Gasteiger partial charge in [0.1, 0.15) is 0 Å². The fourth-order valence-corrected chi connectivity index (χ4v) is 4.48. The summed E-state index contributed by atoms with van der Waals surface area (Å²) in [6.07, 6.45) is 2.47. The number of para-hydroxylation sites is 1. The minimum absolute atomic E-state index is 0.0914. The topological polar surface area (TPSA) is 93.1 Å². The lowest BCUT2D eigenvalue weighted by molar-refractivity contribution is 0.0954. The molecule has 0 aliphatic rings. The Bertz CT molecular complexity index is 1400. The molecule has 4 rings (SSSR count). The second kappa shape index (κ2) is 9.93. The van der Waals surface area contributed by atoms with Crippen molar-refractivity contribution in [3.05, 3.63) is 107 Å². The fraction of sp³-hybridized carbons (Fsp3) is 0.154. The molecule has 0 spiro atoms. The highest BCUT2D eigenvalue weighted by atomic mass is 32.2. The van der Waals surface area contributed by atoms with Crippen LogP contribution in [0.2, 0.25) is 0 Å². The van der Waals surface area contributed by atoms with Crippen LogP contribution in [0.25, 0.3) is 5.69 Å². The summed E-state index contributed by atoms with van der Waals surface area (Å²) in [5, 5.41) is 7.38. The summed E-state index contributed by atoms with van der Waals surface area (Å²) in [5.41, 5.74) is 4.81. The summed E-state index contributed by atoms with van der Waals surface area (Å²) in [6.45, 7) is 4.31. The first kappa shape index (κ1) is 23.3. The number of aryl methyl sites for hydroxylation is 2. The van der Waals surface area contributed by atoms with Gasteiger partial charge in [0, 0.05) is 30.4 Å². The van der Waals surface area contributed by atoms with Gasteiger partial charge in [-0.1, -0.05) is 24.3 Å². The molecule has 0 unspecified atom stereocenters. The molecule has 0 radical (unpaired) electrons. The van der Waals surface area contributed by atoms with Crippen LogP contribution in [-0.2, 0) is 16.4 Å². The van der Waals surface area contributed by atoms with Crippen molar-refractivity contribution in [1.29, 1.82) is 0 Å². The Balaban J connectivity index is 1.33. The number of aromatic nitrogens is 2. The van der Waals surface area contributed by atoms with E-state index in [9.17, 15) is 13.2 Å². The zero-order valence-corrected chi connectivity index (χ0v) is 19.8. The van der Waals surface area contributed by atoms with Crippen molar-refractivity contribution in [2.75, 3.05) is 11.3 Å². The van der Waals surface area contributed by atoms with Gasteiger partial charge in [0.15, 0.2) is 0 Å².